The fourth-order valence-electron chi connectivity index (χ4n) is 1.88. The monoisotopic (exact) mass is 310 g/mol. The first-order valence-electron chi connectivity index (χ1n) is 6.67. The van der Waals surface area contributed by atoms with Gasteiger partial charge < -0.3 is 14.7 Å². The van der Waals surface area contributed by atoms with E-state index < -0.39 is 22.7 Å². The van der Waals surface area contributed by atoms with Crippen LogP contribution in [-0.2, 0) is 4.79 Å². The van der Waals surface area contributed by atoms with Crippen LogP contribution < -0.4 is 4.74 Å². The van der Waals surface area contributed by atoms with Gasteiger partial charge in [0, 0.05) is 19.7 Å². The molecule has 0 bridgehead atoms. The van der Waals surface area contributed by atoms with Gasteiger partial charge in [0.25, 0.3) is 11.6 Å². The molecule has 0 heterocycles. The van der Waals surface area contributed by atoms with Gasteiger partial charge in [-0.25, -0.2) is 0 Å². The molecule has 1 unspecified atom stereocenters. The molecule has 1 amide bonds. The van der Waals surface area contributed by atoms with E-state index in [0.717, 1.165) is 4.90 Å². The normalized spacial score (nSPS) is 11.6. The fourth-order valence-corrected chi connectivity index (χ4v) is 1.88. The number of nitro benzene ring substituents is 1. The van der Waals surface area contributed by atoms with Crippen molar-refractivity contribution in [3.05, 3.63) is 33.9 Å². The lowest BCUT2D eigenvalue weighted by atomic mass is 10.1. The number of carboxylic acids is 1. The van der Waals surface area contributed by atoms with E-state index in [0.29, 0.717) is 12.4 Å². The molecule has 0 saturated heterocycles. The average molecular weight is 310 g/mol. The molecule has 1 N–H and O–H groups in total. The molecule has 0 aliphatic heterocycles. The predicted molar refractivity (Wildman–Crippen MR) is 78.0 cm³/mol. The highest BCUT2D eigenvalue weighted by molar-refractivity contribution is 5.98. The maximum Gasteiger partial charge on any atom is 0.308 e. The number of nitrogens with zero attached hydrogens (tertiary/aromatic N) is 2. The number of aliphatic carboxylic acids is 1. The Kier molecular flexibility index (Phi) is 5.85. The Hall–Kier alpha value is -2.64. The molecule has 120 valence electrons. The summed E-state index contributed by atoms with van der Waals surface area (Å²) < 4.78 is 5.24. The summed E-state index contributed by atoms with van der Waals surface area (Å²) in [7, 11) is 1.40. The standard InChI is InChI=1S/C14H18N2O6/c1-4-22-10-5-6-12(16(20)21)11(7-10)13(17)15(3)8-9(2)14(18)19/h5-7,9H,4,8H2,1-3H3,(H,18,19). The summed E-state index contributed by atoms with van der Waals surface area (Å²) in [6, 6.07) is 3.91. The van der Waals surface area contributed by atoms with Crippen LogP contribution in [0.1, 0.15) is 24.2 Å². The third-order valence-corrected chi connectivity index (χ3v) is 3.02. The van der Waals surface area contributed by atoms with Gasteiger partial charge in [0.15, 0.2) is 0 Å². The summed E-state index contributed by atoms with van der Waals surface area (Å²) in [6.45, 7) is 3.52. The lowest BCUT2D eigenvalue weighted by molar-refractivity contribution is -0.385. The number of carbonyl (C=O) groups excluding carboxylic acids is 1. The zero-order chi connectivity index (χ0) is 16.9. The van der Waals surface area contributed by atoms with Gasteiger partial charge in [-0.3, -0.25) is 19.7 Å². The van der Waals surface area contributed by atoms with Crippen LogP contribution in [0.5, 0.6) is 5.75 Å². The lowest BCUT2D eigenvalue weighted by Gasteiger charge is -2.19. The minimum atomic E-state index is -1.04. The van der Waals surface area contributed by atoms with Crippen molar-refractivity contribution in [1.29, 1.82) is 0 Å². The Bertz CT molecular complexity index is 587. The summed E-state index contributed by atoms with van der Waals surface area (Å²) >= 11 is 0. The number of hydrogen-bond donors (Lipinski definition) is 1. The fraction of sp³-hybridized carbons (Fsp3) is 0.429. The topological polar surface area (TPSA) is 110 Å². The van der Waals surface area contributed by atoms with Crippen LogP contribution in [0.25, 0.3) is 0 Å². The van der Waals surface area contributed by atoms with Gasteiger partial charge in [0.1, 0.15) is 11.3 Å². The molecule has 0 aliphatic carbocycles. The van der Waals surface area contributed by atoms with E-state index in [-0.39, 0.29) is 17.8 Å². The molecular formula is C14H18N2O6. The maximum absolute atomic E-state index is 12.4. The third-order valence-electron chi connectivity index (χ3n) is 3.02. The molecular weight excluding hydrogens is 292 g/mol. The highest BCUT2D eigenvalue weighted by Gasteiger charge is 2.25. The van der Waals surface area contributed by atoms with Crippen molar-refractivity contribution in [3.63, 3.8) is 0 Å². The Morgan fingerprint density at radius 2 is 2.09 bits per heavy atom. The average Bonchev–Trinajstić information content (AvgIpc) is 2.46. The number of benzene rings is 1. The first-order chi connectivity index (χ1) is 10.3. The van der Waals surface area contributed by atoms with Crippen LogP contribution in [0.2, 0.25) is 0 Å². The number of nitro groups is 1. The van der Waals surface area contributed by atoms with E-state index in [1.165, 1.54) is 32.2 Å². The van der Waals surface area contributed by atoms with E-state index in [2.05, 4.69) is 0 Å². The van der Waals surface area contributed by atoms with E-state index >= 15 is 0 Å². The summed E-state index contributed by atoms with van der Waals surface area (Å²) in [5.41, 5.74) is -0.473. The van der Waals surface area contributed by atoms with Crippen molar-refractivity contribution in [1.82, 2.24) is 4.90 Å². The number of ether oxygens (including phenoxy) is 1. The zero-order valence-electron chi connectivity index (χ0n) is 12.6. The van der Waals surface area contributed by atoms with Crippen molar-refractivity contribution in [3.8, 4) is 5.75 Å². The van der Waals surface area contributed by atoms with Crippen LogP contribution >= 0.6 is 0 Å². The van der Waals surface area contributed by atoms with Crippen molar-refractivity contribution in [2.75, 3.05) is 20.2 Å². The minimum absolute atomic E-state index is 0.0514. The molecule has 8 heteroatoms. The summed E-state index contributed by atoms with van der Waals surface area (Å²) in [6.07, 6.45) is 0. The van der Waals surface area contributed by atoms with Gasteiger partial charge in [-0.15, -0.1) is 0 Å². The Morgan fingerprint density at radius 1 is 1.45 bits per heavy atom. The van der Waals surface area contributed by atoms with Crippen LogP contribution in [0.4, 0.5) is 5.69 Å². The van der Waals surface area contributed by atoms with Crippen molar-refractivity contribution >= 4 is 17.6 Å². The molecule has 1 rings (SSSR count). The molecule has 22 heavy (non-hydrogen) atoms. The van der Waals surface area contributed by atoms with Gasteiger partial charge >= 0.3 is 5.97 Å². The van der Waals surface area contributed by atoms with Gasteiger partial charge in [0.2, 0.25) is 0 Å². The second kappa shape index (κ2) is 7.39. The highest BCUT2D eigenvalue weighted by atomic mass is 16.6. The van der Waals surface area contributed by atoms with Crippen LogP contribution in [0.15, 0.2) is 18.2 Å². The Balaban J connectivity index is 3.10. The number of carbonyl (C=O) groups is 2. The zero-order valence-corrected chi connectivity index (χ0v) is 12.6. The SMILES string of the molecule is CCOc1ccc([N+](=O)[O-])c(C(=O)N(C)CC(C)C(=O)O)c1. The molecule has 0 aromatic heterocycles. The molecule has 1 aromatic carbocycles. The summed E-state index contributed by atoms with van der Waals surface area (Å²) in [4.78, 5) is 34.7. The predicted octanol–water partition coefficient (Wildman–Crippen LogP) is 1.79. The number of carboxylic acid groups (broad SMARTS) is 1. The highest BCUT2D eigenvalue weighted by Crippen LogP contribution is 2.25. The molecule has 1 atom stereocenters. The lowest BCUT2D eigenvalue weighted by Crippen LogP contribution is -2.34. The minimum Gasteiger partial charge on any atom is -0.494 e. The van der Waals surface area contributed by atoms with Crippen LogP contribution in [0.3, 0.4) is 0 Å². The maximum atomic E-state index is 12.4. The smallest absolute Gasteiger partial charge is 0.308 e. The third kappa shape index (κ3) is 4.18. The number of rotatable bonds is 7. The van der Waals surface area contributed by atoms with E-state index in [1.807, 2.05) is 0 Å². The van der Waals surface area contributed by atoms with Gasteiger partial charge in [-0.05, 0) is 19.1 Å². The van der Waals surface area contributed by atoms with Crippen molar-refractivity contribution in [2.45, 2.75) is 13.8 Å². The molecule has 0 fully saturated rings. The summed E-state index contributed by atoms with van der Waals surface area (Å²) in [5.74, 6) is -2.10. The first kappa shape index (κ1) is 17.4. The van der Waals surface area contributed by atoms with Crippen LogP contribution in [-0.4, -0.2) is 47.0 Å². The summed E-state index contributed by atoms with van der Waals surface area (Å²) in [5, 5.41) is 19.9. The van der Waals surface area contributed by atoms with E-state index in [4.69, 9.17) is 9.84 Å². The van der Waals surface area contributed by atoms with Gasteiger partial charge in [0.05, 0.1) is 17.4 Å². The quantitative estimate of drug-likeness (QED) is 0.607. The first-order valence-corrected chi connectivity index (χ1v) is 6.67. The number of hydrogen-bond acceptors (Lipinski definition) is 5. The Morgan fingerprint density at radius 3 is 2.59 bits per heavy atom. The largest absolute Gasteiger partial charge is 0.494 e. The number of amides is 1. The molecule has 8 nitrogen and oxygen atoms in total. The van der Waals surface area contributed by atoms with Gasteiger partial charge in [-0.1, -0.05) is 6.92 Å². The molecule has 0 spiro atoms. The van der Waals surface area contributed by atoms with Crippen LogP contribution in [0, 0.1) is 16.0 Å². The van der Waals surface area contributed by atoms with Crippen molar-refractivity contribution < 1.29 is 24.4 Å². The molecule has 0 saturated carbocycles. The molecule has 0 radical (unpaired) electrons. The van der Waals surface area contributed by atoms with E-state index in [1.54, 1.807) is 6.92 Å². The molecule has 1 aromatic rings. The van der Waals surface area contributed by atoms with Crippen molar-refractivity contribution in [2.24, 2.45) is 5.92 Å². The second-order valence-corrected chi connectivity index (χ2v) is 4.79. The van der Waals surface area contributed by atoms with Gasteiger partial charge in [-0.2, -0.15) is 0 Å². The Labute approximate surface area is 127 Å². The van der Waals surface area contributed by atoms with E-state index in [9.17, 15) is 19.7 Å². The molecule has 0 aliphatic rings. The second-order valence-electron chi connectivity index (χ2n) is 4.79.